The summed E-state index contributed by atoms with van der Waals surface area (Å²) < 4.78 is 35.4. The molecule has 8 nitrogen and oxygen atoms in total. The molecule has 3 rings (SSSR count). The Kier molecular flexibility index (Phi) is 5.33. The lowest BCUT2D eigenvalue weighted by molar-refractivity contribution is 0.0617. The Morgan fingerprint density at radius 1 is 1.23 bits per heavy atom. The van der Waals surface area contributed by atoms with E-state index < -0.39 is 10.0 Å². The highest BCUT2D eigenvalue weighted by Gasteiger charge is 2.21. The molecule has 0 aliphatic heterocycles. The van der Waals surface area contributed by atoms with E-state index in [0.29, 0.717) is 25.5 Å². The Morgan fingerprint density at radius 3 is 2.77 bits per heavy atom. The first kappa shape index (κ1) is 18.5. The number of fused-ring (bicyclic) bond motifs is 1. The van der Waals surface area contributed by atoms with Crippen molar-refractivity contribution in [3.63, 3.8) is 0 Å². The van der Waals surface area contributed by atoms with Crippen molar-refractivity contribution in [1.29, 1.82) is 0 Å². The number of methoxy groups -OCH3 is 1. The van der Waals surface area contributed by atoms with Crippen LogP contribution in [0.15, 0.2) is 41.6 Å². The van der Waals surface area contributed by atoms with Crippen molar-refractivity contribution in [1.82, 2.24) is 14.6 Å². The molecular weight excluding hydrogens is 356 g/mol. The molecule has 0 aliphatic rings. The van der Waals surface area contributed by atoms with E-state index in [2.05, 4.69) is 10.1 Å². The number of aryl methyl sites for hydroxylation is 1. The molecule has 26 heavy (non-hydrogen) atoms. The van der Waals surface area contributed by atoms with E-state index in [1.165, 1.54) is 4.52 Å². The van der Waals surface area contributed by atoms with Gasteiger partial charge < -0.3 is 9.47 Å². The van der Waals surface area contributed by atoms with Gasteiger partial charge in [-0.15, -0.1) is 0 Å². The van der Waals surface area contributed by atoms with Crippen LogP contribution in [0, 0.1) is 6.92 Å². The first-order valence-electron chi connectivity index (χ1n) is 7.94. The van der Waals surface area contributed by atoms with Gasteiger partial charge in [-0.25, -0.2) is 23.1 Å². The number of rotatable bonds is 7. The van der Waals surface area contributed by atoms with Gasteiger partial charge in [0, 0.05) is 25.1 Å². The smallest absolute Gasteiger partial charge is 0.243 e. The van der Waals surface area contributed by atoms with Crippen LogP contribution in [0.4, 0.5) is 0 Å². The lowest BCUT2D eigenvalue weighted by Crippen LogP contribution is -2.13. The molecule has 138 valence electrons. The number of ether oxygens (including phenoxy) is 2. The van der Waals surface area contributed by atoms with Crippen molar-refractivity contribution < 1.29 is 17.9 Å². The summed E-state index contributed by atoms with van der Waals surface area (Å²) in [7, 11) is -2.26. The van der Waals surface area contributed by atoms with E-state index in [0.717, 1.165) is 16.7 Å². The second-order valence-corrected chi connectivity index (χ2v) is 7.31. The second kappa shape index (κ2) is 7.50. The number of sulfonamides is 1. The Balaban J connectivity index is 1.92. The van der Waals surface area contributed by atoms with Gasteiger partial charge in [0.25, 0.3) is 0 Å². The zero-order valence-corrected chi connectivity index (χ0v) is 15.4. The molecule has 0 saturated carbocycles. The number of nitrogens with zero attached hydrogens (tertiary/aromatic N) is 3. The first-order chi connectivity index (χ1) is 12.4. The third kappa shape index (κ3) is 3.91. The summed E-state index contributed by atoms with van der Waals surface area (Å²) in [6, 6.07) is 7.84. The third-order valence-corrected chi connectivity index (χ3v) is 4.89. The van der Waals surface area contributed by atoms with Crippen molar-refractivity contribution in [2.45, 2.75) is 18.4 Å². The van der Waals surface area contributed by atoms with Crippen LogP contribution in [0.2, 0.25) is 0 Å². The highest BCUT2D eigenvalue weighted by molar-refractivity contribution is 7.89. The fourth-order valence-corrected chi connectivity index (χ4v) is 3.53. The summed E-state index contributed by atoms with van der Waals surface area (Å²) >= 11 is 0. The number of primary sulfonamides is 1. The fourth-order valence-electron chi connectivity index (χ4n) is 2.68. The van der Waals surface area contributed by atoms with E-state index in [4.69, 9.17) is 14.6 Å². The molecule has 1 aromatic carbocycles. The van der Waals surface area contributed by atoms with Crippen molar-refractivity contribution in [3.8, 4) is 11.1 Å². The zero-order chi connectivity index (χ0) is 18.7. The summed E-state index contributed by atoms with van der Waals surface area (Å²) in [4.78, 5) is 4.20. The van der Waals surface area contributed by atoms with Gasteiger partial charge in [-0.2, -0.15) is 5.10 Å². The fraction of sp³-hybridized carbons (Fsp3) is 0.294. The number of benzene rings is 1. The van der Waals surface area contributed by atoms with Gasteiger partial charge in [0.05, 0.1) is 25.5 Å². The molecular formula is C17H20N4O4S. The molecule has 2 heterocycles. The van der Waals surface area contributed by atoms with E-state index in [1.807, 2.05) is 24.3 Å². The van der Waals surface area contributed by atoms with Gasteiger partial charge in [0.15, 0.2) is 5.65 Å². The van der Waals surface area contributed by atoms with Crippen LogP contribution >= 0.6 is 0 Å². The maximum absolute atomic E-state index is 11.7. The van der Waals surface area contributed by atoms with Crippen LogP contribution in [0.1, 0.15) is 11.3 Å². The lowest BCUT2D eigenvalue weighted by atomic mass is 10.1. The number of hydrogen-bond acceptors (Lipinski definition) is 6. The Bertz CT molecular complexity index is 1030. The zero-order valence-electron chi connectivity index (χ0n) is 14.5. The van der Waals surface area contributed by atoms with Crippen molar-refractivity contribution in [2.24, 2.45) is 5.14 Å². The van der Waals surface area contributed by atoms with E-state index in [1.54, 1.807) is 26.4 Å². The molecule has 0 radical (unpaired) electrons. The molecule has 2 N–H and O–H groups in total. The summed E-state index contributed by atoms with van der Waals surface area (Å²) in [5.41, 5.74) is 3.28. The minimum absolute atomic E-state index is 0.0515. The van der Waals surface area contributed by atoms with Crippen molar-refractivity contribution in [2.75, 3.05) is 20.3 Å². The van der Waals surface area contributed by atoms with Crippen LogP contribution in [-0.2, 0) is 26.1 Å². The van der Waals surface area contributed by atoms with Gasteiger partial charge in [-0.05, 0) is 24.1 Å². The topological polar surface area (TPSA) is 109 Å². The predicted octanol–water partition coefficient (Wildman–Crippen LogP) is 1.52. The molecule has 0 bridgehead atoms. The molecule has 3 aromatic rings. The standard InChI is InChI=1S/C17H20N4O4S/c1-12-16(26(18,22)23)17-19-9-15(10-21(17)20-12)14-5-3-4-13(8-14)11-25-7-6-24-2/h3-5,8-10H,6-7,11H2,1-2H3,(H2,18,22,23). The maximum atomic E-state index is 11.7. The molecule has 0 amide bonds. The van der Waals surface area contributed by atoms with Crippen LogP contribution in [-0.4, -0.2) is 43.3 Å². The highest BCUT2D eigenvalue weighted by atomic mass is 32.2. The Hall–Kier alpha value is -2.33. The van der Waals surface area contributed by atoms with Gasteiger partial charge in [0.2, 0.25) is 10.0 Å². The minimum atomic E-state index is -3.89. The maximum Gasteiger partial charge on any atom is 0.243 e. The van der Waals surface area contributed by atoms with Crippen LogP contribution in [0.3, 0.4) is 0 Å². The molecule has 9 heteroatoms. The molecule has 0 atom stereocenters. The Labute approximate surface area is 151 Å². The van der Waals surface area contributed by atoms with E-state index in [-0.39, 0.29) is 10.5 Å². The average molecular weight is 376 g/mol. The summed E-state index contributed by atoms with van der Waals surface area (Å²) in [5.74, 6) is 0. The highest BCUT2D eigenvalue weighted by Crippen LogP contribution is 2.23. The summed E-state index contributed by atoms with van der Waals surface area (Å²) in [5, 5.41) is 9.48. The van der Waals surface area contributed by atoms with Crippen LogP contribution in [0.5, 0.6) is 0 Å². The number of nitrogens with two attached hydrogens (primary N) is 1. The van der Waals surface area contributed by atoms with Gasteiger partial charge in [-0.1, -0.05) is 18.2 Å². The Morgan fingerprint density at radius 2 is 2.04 bits per heavy atom. The monoisotopic (exact) mass is 376 g/mol. The number of hydrogen-bond donors (Lipinski definition) is 1. The quantitative estimate of drug-likeness (QED) is 0.626. The largest absolute Gasteiger partial charge is 0.382 e. The summed E-state index contributed by atoms with van der Waals surface area (Å²) in [6.45, 7) is 3.14. The predicted molar refractivity (Wildman–Crippen MR) is 96.1 cm³/mol. The SMILES string of the molecule is COCCOCc1cccc(-c2cnc3c(S(N)(=O)=O)c(C)nn3c2)c1. The van der Waals surface area contributed by atoms with Crippen molar-refractivity contribution >= 4 is 15.7 Å². The normalized spacial score (nSPS) is 12.0. The average Bonchev–Trinajstić information content (AvgIpc) is 2.94. The summed E-state index contributed by atoms with van der Waals surface area (Å²) in [6.07, 6.45) is 3.34. The molecule has 0 fully saturated rings. The van der Waals surface area contributed by atoms with Gasteiger partial charge in [-0.3, -0.25) is 0 Å². The van der Waals surface area contributed by atoms with Gasteiger partial charge in [0.1, 0.15) is 4.90 Å². The van der Waals surface area contributed by atoms with Crippen LogP contribution in [0.25, 0.3) is 16.8 Å². The molecule has 0 spiro atoms. The molecule has 0 unspecified atom stereocenters. The minimum Gasteiger partial charge on any atom is -0.382 e. The van der Waals surface area contributed by atoms with E-state index >= 15 is 0 Å². The molecule has 0 saturated heterocycles. The number of aromatic nitrogens is 3. The van der Waals surface area contributed by atoms with Crippen LogP contribution < -0.4 is 5.14 Å². The molecule has 0 aliphatic carbocycles. The van der Waals surface area contributed by atoms with E-state index in [9.17, 15) is 8.42 Å². The molecule has 2 aromatic heterocycles. The second-order valence-electron chi connectivity index (χ2n) is 5.82. The van der Waals surface area contributed by atoms with Gasteiger partial charge >= 0.3 is 0 Å². The lowest BCUT2D eigenvalue weighted by Gasteiger charge is -2.07. The first-order valence-corrected chi connectivity index (χ1v) is 9.48. The third-order valence-electron chi connectivity index (χ3n) is 3.84. The van der Waals surface area contributed by atoms with Crippen molar-refractivity contribution in [3.05, 3.63) is 47.9 Å².